The Bertz CT molecular complexity index is 1070. The Labute approximate surface area is 179 Å². The summed E-state index contributed by atoms with van der Waals surface area (Å²) in [4.78, 5) is 30.2. The van der Waals surface area contributed by atoms with Crippen LogP contribution in [0.5, 0.6) is 0 Å². The number of likely N-dealkylation sites (tertiary alicyclic amines) is 1. The number of nitrogens with one attached hydrogen (secondary N) is 2. The largest absolute Gasteiger partial charge is 0.361 e. The third-order valence-electron chi connectivity index (χ3n) is 5.44. The van der Waals surface area contributed by atoms with Gasteiger partial charge in [0, 0.05) is 43.0 Å². The van der Waals surface area contributed by atoms with Gasteiger partial charge in [0.2, 0.25) is 16.9 Å². The zero-order valence-corrected chi connectivity index (χ0v) is 18.4. The molecular weight excluding hydrogens is 398 g/mol. The molecular formula is C22H27N5O2S. The van der Waals surface area contributed by atoms with Crippen LogP contribution in [-0.2, 0) is 22.4 Å². The van der Waals surface area contributed by atoms with Crippen LogP contribution < -0.4 is 5.32 Å². The number of nitrogens with zero attached hydrogens (tertiary/aromatic N) is 3. The summed E-state index contributed by atoms with van der Waals surface area (Å²) >= 11 is 1.40. The van der Waals surface area contributed by atoms with Gasteiger partial charge in [0.15, 0.2) is 0 Å². The second-order valence-corrected chi connectivity index (χ2v) is 9.50. The molecule has 7 nitrogen and oxygen atoms in total. The summed E-state index contributed by atoms with van der Waals surface area (Å²) in [5.41, 5.74) is 3.51. The fourth-order valence-corrected chi connectivity index (χ4v) is 4.82. The number of rotatable bonds is 7. The SMILES string of the molecule is Cc1ccc2[nH]cc(CCN3C[C@@H](C(=O)Nc4nnc(CC(C)C)s4)CC3=O)c2c1. The standard InChI is InChI=1S/C22H27N5O2S/c1-13(2)8-19-25-26-22(30-19)24-21(29)16-10-20(28)27(12-16)7-6-15-11-23-18-5-4-14(3)9-17(15)18/h4-5,9,11,13,16,23H,6-8,10,12H2,1-3H3,(H,24,26,29)/t16-/m0/s1. The van der Waals surface area contributed by atoms with Crippen LogP contribution >= 0.6 is 11.3 Å². The first-order valence-corrected chi connectivity index (χ1v) is 11.2. The third kappa shape index (κ3) is 4.53. The van der Waals surface area contributed by atoms with Gasteiger partial charge in [-0.1, -0.05) is 36.8 Å². The number of H-pyrrole nitrogens is 1. The van der Waals surface area contributed by atoms with E-state index in [1.807, 2.05) is 6.20 Å². The molecule has 2 aromatic heterocycles. The van der Waals surface area contributed by atoms with E-state index in [1.165, 1.54) is 27.8 Å². The number of aryl methyl sites for hydroxylation is 1. The molecule has 1 aliphatic rings. The van der Waals surface area contributed by atoms with Gasteiger partial charge < -0.3 is 15.2 Å². The molecule has 3 heterocycles. The average Bonchev–Trinajstić information content (AvgIpc) is 3.39. The maximum Gasteiger partial charge on any atom is 0.231 e. The number of aromatic amines is 1. The number of carbonyl (C=O) groups excluding carboxylic acids is 2. The zero-order chi connectivity index (χ0) is 21.3. The summed E-state index contributed by atoms with van der Waals surface area (Å²) in [6.07, 6.45) is 3.87. The Kier molecular flexibility index (Phi) is 5.85. The molecule has 0 unspecified atom stereocenters. The van der Waals surface area contributed by atoms with Crippen molar-refractivity contribution in [2.45, 2.75) is 40.0 Å². The quantitative estimate of drug-likeness (QED) is 0.606. The lowest BCUT2D eigenvalue weighted by molar-refractivity contribution is -0.128. The average molecular weight is 426 g/mol. The van der Waals surface area contributed by atoms with Crippen molar-refractivity contribution in [1.82, 2.24) is 20.1 Å². The Morgan fingerprint density at radius 1 is 1.37 bits per heavy atom. The molecule has 2 amide bonds. The molecule has 1 aliphatic heterocycles. The second kappa shape index (κ2) is 8.55. The molecule has 1 saturated heterocycles. The molecule has 30 heavy (non-hydrogen) atoms. The van der Waals surface area contributed by atoms with Crippen molar-refractivity contribution in [1.29, 1.82) is 0 Å². The monoisotopic (exact) mass is 425 g/mol. The highest BCUT2D eigenvalue weighted by atomic mass is 32.1. The lowest BCUT2D eigenvalue weighted by Crippen LogP contribution is -2.30. The number of carbonyl (C=O) groups is 2. The summed E-state index contributed by atoms with van der Waals surface area (Å²) in [6.45, 7) is 7.38. The van der Waals surface area contributed by atoms with Crippen LogP contribution in [0.25, 0.3) is 10.9 Å². The maximum atomic E-state index is 12.6. The highest BCUT2D eigenvalue weighted by Crippen LogP contribution is 2.24. The minimum Gasteiger partial charge on any atom is -0.361 e. The Balaban J connectivity index is 1.33. The van der Waals surface area contributed by atoms with Gasteiger partial charge >= 0.3 is 0 Å². The van der Waals surface area contributed by atoms with E-state index in [-0.39, 0.29) is 24.2 Å². The predicted octanol–water partition coefficient (Wildman–Crippen LogP) is 3.56. The molecule has 1 atom stereocenters. The van der Waals surface area contributed by atoms with Crippen LogP contribution in [0.1, 0.15) is 36.4 Å². The second-order valence-electron chi connectivity index (χ2n) is 8.44. The van der Waals surface area contributed by atoms with E-state index >= 15 is 0 Å². The van der Waals surface area contributed by atoms with Crippen molar-refractivity contribution in [2.24, 2.45) is 11.8 Å². The number of hydrogen-bond acceptors (Lipinski definition) is 5. The number of anilines is 1. The lowest BCUT2D eigenvalue weighted by Gasteiger charge is -2.16. The first kappa shape index (κ1) is 20.5. The zero-order valence-electron chi connectivity index (χ0n) is 17.6. The third-order valence-corrected chi connectivity index (χ3v) is 6.30. The van der Waals surface area contributed by atoms with E-state index in [9.17, 15) is 9.59 Å². The lowest BCUT2D eigenvalue weighted by atomic mass is 10.1. The normalized spacial score (nSPS) is 16.7. The minimum atomic E-state index is -0.347. The number of aromatic nitrogens is 3. The van der Waals surface area contributed by atoms with Gasteiger partial charge in [-0.05, 0) is 37.0 Å². The molecule has 158 valence electrons. The molecule has 3 aromatic rings. The molecule has 8 heteroatoms. The topological polar surface area (TPSA) is 91.0 Å². The Hall–Kier alpha value is -2.74. The van der Waals surface area contributed by atoms with Gasteiger partial charge in [0.25, 0.3) is 0 Å². The van der Waals surface area contributed by atoms with Crippen molar-refractivity contribution in [3.63, 3.8) is 0 Å². The van der Waals surface area contributed by atoms with Crippen LogP contribution in [0, 0.1) is 18.8 Å². The maximum absolute atomic E-state index is 12.6. The van der Waals surface area contributed by atoms with E-state index in [0.29, 0.717) is 24.1 Å². The molecule has 0 bridgehead atoms. The van der Waals surface area contributed by atoms with Gasteiger partial charge in [-0.2, -0.15) is 0 Å². The van der Waals surface area contributed by atoms with Crippen molar-refractivity contribution in [2.75, 3.05) is 18.4 Å². The van der Waals surface area contributed by atoms with E-state index in [1.54, 1.807) is 4.90 Å². The summed E-state index contributed by atoms with van der Waals surface area (Å²) in [5.74, 6) is 0.0217. The van der Waals surface area contributed by atoms with Gasteiger partial charge in [-0.3, -0.25) is 9.59 Å². The van der Waals surface area contributed by atoms with Crippen LogP contribution in [0.15, 0.2) is 24.4 Å². The summed E-state index contributed by atoms with van der Waals surface area (Å²) in [7, 11) is 0. The van der Waals surface area contributed by atoms with Gasteiger partial charge in [-0.25, -0.2) is 0 Å². The molecule has 0 aliphatic carbocycles. The first-order chi connectivity index (χ1) is 14.4. The number of amides is 2. The van der Waals surface area contributed by atoms with Crippen molar-refractivity contribution in [3.05, 3.63) is 40.5 Å². The fourth-order valence-electron chi connectivity index (χ4n) is 3.86. The van der Waals surface area contributed by atoms with Crippen LogP contribution in [0.4, 0.5) is 5.13 Å². The Morgan fingerprint density at radius 2 is 2.20 bits per heavy atom. The smallest absolute Gasteiger partial charge is 0.231 e. The fraction of sp³-hybridized carbons (Fsp3) is 0.455. The van der Waals surface area contributed by atoms with Crippen molar-refractivity contribution < 1.29 is 9.59 Å². The molecule has 0 radical (unpaired) electrons. The van der Waals surface area contributed by atoms with E-state index in [4.69, 9.17) is 0 Å². The molecule has 1 aromatic carbocycles. The molecule has 0 spiro atoms. The Morgan fingerprint density at radius 3 is 3.00 bits per heavy atom. The summed E-state index contributed by atoms with van der Waals surface area (Å²) in [6, 6.07) is 6.33. The van der Waals surface area contributed by atoms with E-state index in [0.717, 1.165) is 23.4 Å². The van der Waals surface area contributed by atoms with Gasteiger partial charge in [0.1, 0.15) is 5.01 Å². The van der Waals surface area contributed by atoms with Crippen molar-refractivity contribution >= 4 is 39.2 Å². The number of hydrogen-bond donors (Lipinski definition) is 2. The highest BCUT2D eigenvalue weighted by molar-refractivity contribution is 7.15. The molecule has 1 fully saturated rings. The van der Waals surface area contributed by atoms with Gasteiger partial charge in [-0.15, -0.1) is 10.2 Å². The van der Waals surface area contributed by atoms with E-state index < -0.39 is 0 Å². The van der Waals surface area contributed by atoms with Crippen molar-refractivity contribution in [3.8, 4) is 0 Å². The number of fused-ring (bicyclic) bond motifs is 1. The molecule has 2 N–H and O–H groups in total. The highest BCUT2D eigenvalue weighted by Gasteiger charge is 2.34. The van der Waals surface area contributed by atoms with Crippen LogP contribution in [0.2, 0.25) is 0 Å². The summed E-state index contributed by atoms with van der Waals surface area (Å²) in [5, 5.41) is 13.7. The van der Waals surface area contributed by atoms with Crippen LogP contribution in [-0.4, -0.2) is 45.0 Å². The minimum absolute atomic E-state index is 0.0314. The molecule has 4 rings (SSSR count). The van der Waals surface area contributed by atoms with E-state index in [2.05, 4.69) is 59.5 Å². The number of benzene rings is 1. The summed E-state index contributed by atoms with van der Waals surface area (Å²) < 4.78 is 0. The van der Waals surface area contributed by atoms with Gasteiger partial charge in [0.05, 0.1) is 5.92 Å². The first-order valence-electron chi connectivity index (χ1n) is 10.4. The predicted molar refractivity (Wildman–Crippen MR) is 119 cm³/mol. The van der Waals surface area contributed by atoms with Crippen LogP contribution in [0.3, 0.4) is 0 Å². The molecule has 0 saturated carbocycles.